The average Bonchev–Trinajstić information content (AvgIpc) is 3.55. The third-order valence-corrected chi connectivity index (χ3v) is 5.25. The number of fused-ring (bicyclic) bond motifs is 1. The number of hydrogen-bond acceptors (Lipinski definition) is 9. The van der Waals surface area contributed by atoms with Crippen LogP contribution in [0.2, 0.25) is 0 Å². The zero-order valence-electron chi connectivity index (χ0n) is 18.1. The van der Waals surface area contributed by atoms with Gasteiger partial charge in [-0.15, -0.1) is 5.10 Å². The van der Waals surface area contributed by atoms with Crippen LogP contribution in [0.4, 0.5) is 11.6 Å². The summed E-state index contributed by atoms with van der Waals surface area (Å²) in [6, 6.07) is 4.58. The lowest BCUT2D eigenvalue weighted by atomic mass is 10.1. The normalized spacial score (nSPS) is 18.6. The third-order valence-electron chi connectivity index (χ3n) is 5.25. The number of rotatable bonds is 8. The number of aromatic amines is 1. The Hall–Kier alpha value is -3.51. The van der Waals surface area contributed by atoms with Crippen molar-refractivity contribution < 1.29 is 14.2 Å². The van der Waals surface area contributed by atoms with Crippen LogP contribution in [0.5, 0.6) is 6.01 Å². The number of methoxy groups -OCH3 is 1. The molecule has 5 heterocycles. The Morgan fingerprint density at radius 3 is 3.09 bits per heavy atom. The molecule has 1 saturated heterocycles. The van der Waals surface area contributed by atoms with Crippen molar-refractivity contribution in [3.8, 4) is 6.01 Å². The second-order valence-electron chi connectivity index (χ2n) is 7.92. The minimum Gasteiger partial charge on any atom is -0.458 e. The van der Waals surface area contributed by atoms with Crippen molar-refractivity contribution in [1.82, 2.24) is 39.6 Å². The predicted molar refractivity (Wildman–Crippen MR) is 114 cm³/mol. The van der Waals surface area contributed by atoms with Crippen LogP contribution >= 0.6 is 0 Å². The molecule has 0 bridgehead atoms. The highest BCUT2D eigenvalue weighted by Gasteiger charge is 2.31. The van der Waals surface area contributed by atoms with E-state index in [4.69, 9.17) is 14.2 Å². The fourth-order valence-corrected chi connectivity index (χ4v) is 3.69. The molecular weight excluding hydrogens is 414 g/mol. The van der Waals surface area contributed by atoms with Crippen LogP contribution in [-0.4, -0.2) is 59.4 Å². The molecule has 0 radical (unpaired) electrons. The van der Waals surface area contributed by atoms with E-state index in [0.717, 1.165) is 16.9 Å². The minimum absolute atomic E-state index is 0.108. The van der Waals surface area contributed by atoms with Gasteiger partial charge < -0.3 is 19.5 Å². The Morgan fingerprint density at radius 2 is 2.25 bits per heavy atom. The van der Waals surface area contributed by atoms with E-state index in [1.807, 2.05) is 16.7 Å². The molecule has 4 aromatic heterocycles. The number of aromatic nitrogens is 8. The van der Waals surface area contributed by atoms with Crippen LogP contribution in [-0.2, 0) is 16.1 Å². The van der Waals surface area contributed by atoms with Gasteiger partial charge in [-0.25, -0.2) is 9.50 Å². The summed E-state index contributed by atoms with van der Waals surface area (Å²) in [5.41, 5.74) is 2.53. The van der Waals surface area contributed by atoms with Crippen molar-refractivity contribution in [2.24, 2.45) is 0 Å². The highest BCUT2D eigenvalue weighted by atomic mass is 16.6. The molecule has 2 atom stereocenters. The quantitative estimate of drug-likeness (QED) is 0.425. The maximum absolute atomic E-state index is 6.02. The summed E-state index contributed by atoms with van der Waals surface area (Å²) < 4.78 is 20.8. The number of ether oxygens (including phenoxy) is 3. The van der Waals surface area contributed by atoms with Gasteiger partial charge in [-0.2, -0.15) is 10.2 Å². The Kier molecular flexibility index (Phi) is 5.45. The topological polar surface area (TPSA) is 129 Å². The fraction of sp³-hybridized carbons (Fsp3) is 0.450. The van der Waals surface area contributed by atoms with Gasteiger partial charge in [0.1, 0.15) is 24.1 Å². The first kappa shape index (κ1) is 20.4. The Labute approximate surface area is 183 Å². The van der Waals surface area contributed by atoms with Crippen LogP contribution in [0.15, 0.2) is 30.9 Å². The smallest absolute Gasteiger partial charge is 0.317 e. The second-order valence-corrected chi connectivity index (χ2v) is 7.92. The van der Waals surface area contributed by atoms with Crippen molar-refractivity contribution in [2.45, 2.75) is 45.1 Å². The van der Waals surface area contributed by atoms with Crippen molar-refractivity contribution in [3.05, 3.63) is 42.2 Å². The first-order valence-electron chi connectivity index (χ1n) is 10.4. The molecule has 0 spiro atoms. The molecular formula is C20H25N9O3. The van der Waals surface area contributed by atoms with Crippen LogP contribution in [0.1, 0.15) is 43.8 Å². The van der Waals surface area contributed by atoms with Crippen LogP contribution < -0.4 is 10.1 Å². The molecule has 32 heavy (non-hydrogen) atoms. The first-order valence-corrected chi connectivity index (χ1v) is 10.4. The van der Waals surface area contributed by atoms with E-state index in [9.17, 15) is 0 Å². The van der Waals surface area contributed by atoms with E-state index in [1.165, 1.54) is 0 Å². The maximum Gasteiger partial charge on any atom is 0.317 e. The van der Waals surface area contributed by atoms with Crippen molar-refractivity contribution in [3.63, 3.8) is 0 Å². The van der Waals surface area contributed by atoms with Crippen molar-refractivity contribution in [2.75, 3.05) is 19.0 Å². The lowest BCUT2D eigenvalue weighted by Crippen LogP contribution is -2.19. The van der Waals surface area contributed by atoms with Gasteiger partial charge >= 0.3 is 6.01 Å². The lowest BCUT2D eigenvalue weighted by Gasteiger charge is -2.14. The highest BCUT2D eigenvalue weighted by molar-refractivity contribution is 5.72. The van der Waals surface area contributed by atoms with Crippen molar-refractivity contribution in [1.29, 1.82) is 0 Å². The van der Waals surface area contributed by atoms with Crippen LogP contribution in [0.25, 0.3) is 5.52 Å². The third kappa shape index (κ3) is 4.01. The summed E-state index contributed by atoms with van der Waals surface area (Å²) in [7, 11) is 1.64. The minimum atomic E-state index is -0.148. The summed E-state index contributed by atoms with van der Waals surface area (Å²) >= 11 is 0. The van der Waals surface area contributed by atoms with E-state index in [0.29, 0.717) is 37.3 Å². The van der Waals surface area contributed by atoms with Gasteiger partial charge in [0, 0.05) is 38.0 Å². The zero-order valence-corrected chi connectivity index (χ0v) is 18.1. The summed E-state index contributed by atoms with van der Waals surface area (Å²) in [6.45, 7) is 5.02. The summed E-state index contributed by atoms with van der Waals surface area (Å²) in [4.78, 5) is 4.43. The molecule has 12 heteroatoms. The fourth-order valence-electron chi connectivity index (χ4n) is 3.69. The monoisotopic (exact) mass is 439 g/mol. The van der Waals surface area contributed by atoms with Gasteiger partial charge in [-0.3, -0.25) is 9.67 Å². The maximum atomic E-state index is 6.02. The summed E-state index contributed by atoms with van der Waals surface area (Å²) in [6.07, 6.45) is 5.58. The summed E-state index contributed by atoms with van der Waals surface area (Å²) in [5.74, 6) is 1.30. The molecule has 0 aromatic carbocycles. The molecule has 4 aromatic rings. The zero-order chi connectivity index (χ0) is 22.1. The van der Waals surface area contributed by atoms with Gasteiger partial charge in [0.05, 0.1) is 24.6 Å². The molecule has 0 saturated carbocycles. The van der Waals surface area contributed by atoms with E-state index in [-0.39, 0.29) is 18.2 Å². The van der Waals surface area contributed by atoms with Crippen molar-refractivity contribution >= 4 is 17.2 Å². The molecule has 1 aliphatic heterocycles. The van der Waals surface area contributed by atoms with Gasteiger partial charge in [0.25, 0.3) is 0 Å². The Morgan fingerprint density at radius 1 is 1.34 bits per heavy atom. The number of anilines is 2. The average molecular weight is 439 g/mol. The molecule has 1 fully saturated rings. The van der Waals surface area contributed by atoms with E-state index < -0.39 is 0 Å². The molecule has 5 rings (SSSR count). The van der Waals surface area contributed by atoms with Gasteiger partial charge in [0.2, 0.25) is 0 Å². The highest BCUT2D eigenvalue weighted by Crippen LogP contribution is 2.31. The Bertz CT molecular complexity index is 1200. The van der Waals surface area contributed by atoms with Crippen LogP contribution in [0, 0.1) is 0 Å². The van der Waals surface area contributed by atoms with Crippen LogP contribution in [0.3, 0.4) is 0 Å². The van der Waals surface area contributed by atoms with E-state index in [2.05, 4.69) is 49.6 Å². The molecule has 12 nitrogen and oxygen atoms in total. The van der Waals surface area contributed by atoms with Gasteiger partial charge in [-0.1, -0.05) is 5.10 Å². The Balaban J connectivity index is 1.26. The lowest BCUT2D eigenvalue weighted by molar-refractivity contribution is 0.0885. The number of hydrogen-bond donors (Lipinski definition) is 2. The number of nitrogens with one attached hydrogen (secondary N) is 2. The molecule has 0 unspecified atom stereocenters. The standard InChI is InChI=1S/C20H25N9O3/c1-12(2)28-11-22-26-20(28)32-14-7-17(31-10-14)15-8-18(25-24-15)23-19-16-6-13(9-30-3)27-29(16)5-4-21-19/h4-6,8,11-12,14,17H,7,9-10H2,1-3H3,(H2,21,23,24,25)/t14-,17-/m1/s1. The predicted octanol–water partition coefficient (Wildman–Crippen LogP) is 2.42. The van der Waals surface area contributed by atoms with E-state index >= 15 is 0 Å². The van der Waals surface area contributed by atoms with Gasteiger partial charge in [0.15, 0.2) is 11.6 Å². The number of H-pyrrole nitrogens is 1. The van der Waals surface area contributed by atoms with E-state index in [1.54, 1.807) is 30.3 Å². The molecule has 168 valence electrons. The second kappa shape index (κ2) is 8.55. The van der Waals surface area contributed by atoms with Gasteiger partial charge in [-0.05, 0) is 19.9 Å². The molecule has 1 aliphatic rings. The molecule has 0 aliphatic carbocycles. The molecule has 0 amide bonds. The summed E-state index contributed by atoms with van der Waals surface area (Å²) in [5, 5.41) is 23.2. The first-order chi connectivity index (χ1) is 15.6. The molecule has 2 N–H and O–H groups in total. The SMILES string of the molecule is COCc1cc2c(Nc3cc([C@H]4C[C@@H](Oc5nncn5C(C)C)CO4)[nH]n3)nccn2n1. The number of nitrogens with zero attached hydrogens (tertiary/aromatic N) is 7. The largest absolute Gasteiger partial charge is 0.458 e.